The van der Waals surface area contributed by atoms with Crippen LogP contribution in [-0.4, -0.2) is 62.9 Å². The number of likely N-dealkylation sites (tertiary alicyclic amines) is 1. The van der Waals surface area contributed by atoms with Gasteiger partial charge in [-0.05, 0) is 44.0 Å². The summed E-state index contributed by atoms with van der Waals surface area (Å²) in [4.78, 5) is 7.32. The second kappa shape index (κ2) is 8.70. The third-order valence-electron chi connectivity index (χ3n) is 5.97. The molecule has 1 saturated heterocycles. The second-order valence-corrected chi connectivity index (χ2v) is 9.39. The van der Waals surface area contributed by atoms with Gasteiger partial charge in [0.05, 0.1) is 6.61 Å². The highest BCUT2D eigenvalue weighted by atomic mass is 16.5. The number of hydrogen-bond acceptors (Lipinski definition) is 7. The van der Waals surface area contributed by atoms with E-state index >= 15 is 0 Å². The molecule has 2 N–H and O–H groups in total. The lowest BCUT2D eigenvalue weighted by atomic mass is 10.1. The summed E-state index contributed by atoms with van der Waals surface area (Å²) in [7, 11) is 1.67. The average Bonchev–Trinajstić information content (AvgIpc) is 3.39. The lowest BCUT2D eigenvalue weighted by Gasteiger charge is -2.26. The van der Waals surface area contributed by atoms with Crippen LogP contribution < -0.4 is 10.5 Å². The van der Waals surface area contributed by atoms with Gasteiger partial charge in [0.25, 0.3) is 0 Å². The Morgan fingerprint density at radius 2 is 2.00 bits per heavy atom. The van der Waals surface area contributed by atoms with Crippen molar-refractivity contribution in [2.24, 2.45) is 5.73 Å². The maximum absolute atomic E-state index is 6.27. The molecule has 0 saturated carbocycles. The molecule has 8 nitrogen and oxygen atoms in total. The van der Waals surface area contributed by atoms with E-state index in [1.54, 1.807) is 7.11 Å². The van der Waals surface area contributed by atoms with Crippen LogP contribution in [0.3, 0.4) is 0 Å². The largest absolute Gasteiger partial charge is 0.483 e. The van der Waals surface area contributed by atoms with Crippen LogP contribution in [0.15, 0.2) is 48.7 Å². The topological polar surface area (TPSA) is 90.8 Å². The van der Waals surface area contributed by atoms with Crippen LogP contribution in [0.5, 0.6) is 5.75 Å². The maximum Gasteiger partial charge on any atom is 0.187 e. The van der Waals surface area contributed by atoms with E-state index in [9.17, 15) is 0 Å². The van der Waals surface area contributed by atoms with Gasteiger partial charge in [0, 0.05) is 44.4 Å². The van der Waals surface area contributed by atoms with E-state index < -0.39 is 5.60 Å². The highest BCUT2D eigenvalue weighted by Gasteiger charge is 2.22. The summed E-state index contributed by atoms with van der Waals surface area (Å²) in [6.07, 6.45) is 3.15. The Morgan fingerprint density at radius 1 is 1.12 bits per heavy atom. The second-order valence-electron chi connectivity index (χ2n) is 9.39. The number of benzene rings is 1. The maximum atomic E-state index is 6.27. The van der Waals surface area contributed by atoms with Gasteiger partial charge in [-0.1, -0.05) is 24.3 Å². The van der Waals surface area contributed by atoms with Crippen LogP contribution in [0.2, 0.25) is 0 Å². The van der Waals surface area contributed by atoms with Crippen molar-refractivity contribution >= 4 is 16.6 Å². The van der Waals surface area contributed by atoms with E-state index in [0.717, 1.165) is 54.0 Å². The van der Waals surface area contributed by atoms with Crippen molar-refractivity contribution in [3.8, 4) is 17.3 Å². The Morgan fingerprint density at radius 3 is 2.79 bits per heavy atom. The van der Waals surface area contributed by atoms with Crippen LogP contribution in [0.4, 0.5) is 0 Å². The molecule has 1 fully saturated rings. The van der Waals surface area contributed by atoms with Gasteiger partial charge >= 0.3 is 0 Å². The van der Waals surface area contributed by atoms with Crippen molar-refractivity contribution in [3.63, 3.8) is 0 Å². The number of pyridine rings is 2. The fourth-order valence-corrected chi connectivity index (χ4v) is 4.47. The zero-order valence-corrected chi connectivity index (χ0v) is 19.4. The molecular formula is C25H30N6O2. The first-order valence-electron chi connectivity index (χ1n) is 11.3. The highest BCUT2D eigenvalue weighted by Crippen LogP contribution is 2.30. The summed E-state index contributed by atoms with van der Waals surface area (Å²) >= 11 is 0. The number of nitrogens with zero attached hydrogens (tertiary/aromatic N) is 5. The Hall–Kier alpha value is -3.07. The molecule has 3 aromatic heterocycles. The number of ether oxygens (including phenoxy) is 2. The van der Waals surface area contributed by atoms with E-state index in [1.807, 2.05) is 54.6 Å². The number of fused-ring (bicyclic) bond motifs is 2. The van der Waals surface area contributed by atoms with Crippen LogP contribution in [0.1, 0.15) is 25.8 Å². The number of para-hydroxylation sites is 1. The molecule has 4 heterocycles. The van der Waals surface area contributed by atoms with Crippen LogP contribution in [-0.2, 0) is 11.3 Å². The minimum absolute atomic E-state index is 0.270. The number of hydrogen-bond donors (Lipinski definition) is 1. The van der Waals surface area contributed by atoms with E-state index in [1.165, 1.54) is 5.56 Å². The van der Waals surface area contributed by atoms with Gasteiger partial charge in [0.1, 0.15) is 22.6 Å². The molecule has 1 aromatic carbocycles. The highest BCUT2D eigenvalue weighted by molar-refractivity contribution is 5.86. The van der Waals surface area contributed by atoms with Crippen molar-refractivity contribution in [1.29, 1.82) is 0 Å². The first kappa shape index (κ1) is 21.8. The van der Waals surface area contributed by atoms with Crippen molar-refractivity contribution in [2.45, 2.75) is 38.5 Å². The van der Waals surface area contributed by atoms with Gasteiger partial charge in [-0.2, -0.15) is 0 Å². The molecule has 33 heavy (non-hydrogen) atoms. The number of methoxy groups -OCH3 is 1. The van der Waals surface area contributed by atoms with Crippen LogP contribution in [0.25, 0.3) is 28.1 Å². The van der Waals surface area contributed by atoms with E-state index in [4.69, 9.17) is 20.2 Å². The first-order valence-corrected chi connectivity index (χ1v) is 11.3. The fraction of sp³-hybridized carbons (Fsp3) is 0.400. The van der Waals surface area contributed by atoms with Gasteiger partial charge in [-0.15, -0.1) is 10.2 Å². The van der Waals surface area contributed by atoms with Gasteiger partial charge in [0.15, 0.2) is 11.5 Å². The lowest BCUT2D eigenvalue weighted by Crippen LogP contribution is -2.33. The first-order chi connectivity index (χ1) is 15.9. The molecule has 1 aliphatic heterocycles. The Bertz CT molecular complexity index is 1280. The minimum Gasteiger partial charge on any atom is -0.483 e. The van der Waals surface area contributed by atoms with Crippen LogP contribution in [0, 0.1) is 0 Å². The molecule has 0 bridgehead atoms. The zero-order valence-electron chi connectivity index (χ0n) is 19.4. The Labute approximate surface area is 193 Å². The summed E-state index contributed by atoms with van der Waals surface area (Å²) in [6.45, 7) is 7.30. The Kier molecular flexibility index (Phi) is 5.74. The zero-order chi connectivity index (χ0) is 23.0. The van der Waals surface area contributed by atoms with Gasteiger partial charge in [-0.3, -0.25) is 9.30 Å². The van der Waals surface area contributed by atoms with Gasteiger partial charge in [0.2, 0.25) is 0 Å². The SMILES string of the molecule is COCC(C)(C)Oc1cccc2ccc(-c3nnc4ccc(CN5CCC(N)C5)cn34)nc12. The summed E-state index contributed by atoms with van der Waals surface area (Å²) in [5.74, 6) is 1.43. The van der Waals surface area contributed by atoms with Crippen molar-refractivity contribution in [3.05, 3.63) is 54.2 Å². The molecule has 0 spiro atoms. The molecular weight excluding hydrogens is 416 g/mol. The monoisotopic (exact) mass is 446 g/mol. The molecule has 172 valence electrons. The molecule has 1 unspecified atom stereocenters. The summed E-state index contributed by atoms with van der Waals surface area (Å²) in [5, 5.41) is 9.81. The molecule has 0 aliphatic carbocycles. The predicted molar refractivity (Wildman–Crippen MR) is 128 cm³/mol. The average molecular weight is 447 g/mol. The van der Waals surface area contributed by atoms with Crippen molar-refractivity contribution < 1.29 is 9.47 Å². The summed E-state index contributed by atoms with van der Waals surface area (Å²) in [6, 6.07) is 14.4. The minimum atomic E-state index is -0.477. The third kappa shape index (κ3) is 4.55. The Balaban J connectivity index is 1.51. The quantitative estimate of drug-likeness (QED) is 0.466. The standard InChI is InChI=1S/C25H30N6O2/c1-25(2,16-32-3)33-21-6-4-5-18-8-9-20(27-23(18)21)24-29-28-22-10-7-17(14-31(22)24)13-30-12-11-19(26)15-30/h4-10,14,19H,11-13,15-16,26H2,1-3H3. The number of nitrogens with two attached hydrogens (primary N) is 1. The normalized spacial score (nSPS) is 17.3. The van der Waals surface area contributed by atoms with Crippen LogP contribution >= 0.6 is 0 Å². The van der Waals surface area contributed by atoms with E-state index in [2.05, 4.69) is 27.4 Å². The summed E-state index contributed by atoms with van der Waals surface area (Å²) in [5.41, 5.74) is 9.12. The van der Waals surface area contributed by atoms with E-state index in [0.29, 0.717) is 12.4 Å². The smallest absolute Gasteiger partial charge is 0.187 e. The molecule has 0 amide bonds. The fourth-order valence-electron chi connectivity index (χ4n) is 4.47. The summed E-state index contributed by atoms with van der Waals surface area (Å²) < 4.78 is 13.6. The lowest BCUT2D eigenvalue weighted by molar-refractivity contribution is 0.0190. The molecule has 1 atom stereocenters. The third-order valence-corrected chi connectivity index (χ3v) is 5.97. The molecule has 1 aliphatic rings. The number of rotatable bonds is 7. The molecule has 8 heteroatoms. The molecule has 0 radical (unpaired) electrons. The van der Waals surface area contributed by atoms with Crippen molar-refractivity contribution in [2.75, 3.05) is 26.8 Å². The van der Waals surface area contributed by atoms with Gasteiger partial charge < -0.3 is 15.2 Å². The van der Waals surface area contributed by atoms with Gasteiger partial charge in [-0.25, -0.2) is 4.98 Å². The molecule has 5 rings (SSSR count). The van der Waals surface area contributed by atoms with Crippen molar-refractivity contribution in [1.82, 2.24) is 24.5 Å². The molecule has 4 aromatic rings. The van der Waals surface area contributed by atoms with E-state index in [-0.39, 0.29) is 6.04 Å². The number of aromatic nitrogens is 4. The predicted octanol–water partition coefficient (Wildman–Crippen LogP) is 3.28.